The first-order valence-electron chi connectivity index (χ1n) is 9.45. The lowest BCUT2D eigenvalue weighted by atomic mass is 9.95. The molecule has 1 aliphatic rings. The van der Waals surface area contributed by atoms with Crippen LogP contribution in [0.5, 0.6) is 0 Å². The van der Waals surface area contributed by atoms with Gasteiger partial charge >= 0.3 is 0 Å². The van der Waals surface area contributed by atoms with Crippen molar-refractivity contribution in [2.75, 3.05) is 5.75 Å². The molecule has 2 heterocycles. The number of aromatic nitrogens is 2. The third-order valence-electron chi connectivity index (χ3n) is 4.76. The quantitative estimate of drug-likeness (QED) is 0.569. The fraction of sp³-hybridized carbons (Fsp3) is 0.632. The standard InChI is InChI=1S/C19H27N3O2S2/c1-13(2)8-10-22-18(24)17-15(9-11-25-17)21-19(22)26-12-16(23)20-14-6-4-3-5-7-14/h9,11,13-14H,3-8,10,12H2,1-2H3,(H,20,23). The Balaban J connectivity index is 1.71. The van der Waals surface area contributed by atoms with Crippen molar-refractivity contribution in [2.24, 2.45) is 5.92 Å². The third-order valence-corrected chi connectivity index (χ3v) is 6.63. The van der Waals surface area contributed by atoms with E-state index in [1.807, 2.05) is 11.4 Å². The Morgan fingerprint density at radius 3 is 2.88 bits per heavy atom. The molecular formula is C19H27N3O2S2. The molecule has 7 heteroatoms. The minimum atomic E-state index is 0.0147. The smallest absolute Gasteiger partial charge is 0.272 e. The van der Waals surface area contributed by atoms with Crippen molar-refractivity contribution < 1.29 is 4.79 Å². The van der Waals surface area contributed by atoms with Crippen LogP contribution in [0, 0.1) is 5.92 Å². The molecule has 26 heavy (non-hydrogen) atoms. The zero-order valence-corrected chi connectivity index (χ0v) is 17.1. The topological polar surface area (TPSA) is 64.0 Å². The van der Waals surface area contributed by atoms with Crippen LogP contribution >= 0.6 is 23.1 Å². The van der Waals surface area contributed by atoms with E-state index in [9.17, 15) is 9.59 Å². The van der Waals surface area contributed by atoms with Gasteiger partial charge in [0.25, 0.3) is 5.56 Å². The number of thioether (sulfide) groups is 1. The molecule has 0 bridgehead atoms. The van der Waals surface area contributed by atoms with Crippen molar-refractivity contribution >= 4 is 39.2 Å². The first kappa shape index (κ1) is 19.4. The third kappa shape index (κ3) is 4.88. The van der Waals surface area contributed by atoms with Gasteiger partial charge in [0.1, 0.15) is 4.70 Å². The largest absolute Gasteiger partial charge is 0.353 e. The highest BCUT2D eigenvalue weighted by Crippen LogP contribution is 2.22. The van der Waals surface area contributed by atoms with E-state index >= 15 is 0 Å². The molecule has 1 fully saturated rings. The summed E-state index contributed by atoms with van der Waals surface area (Å²) in [5.41, 5.74) is 0.747. The Labute approximate surface area is 162 Å². The van der Waals surface area contributed by atoms with Crippen LogP contribution in [0.4, 0.5) is 0 Å². The molecule has 1 aliphatic carbocycles. The molecule has 5 nitrogen and oxygen atoms in total. The predicted molar refractivity (Wildman–Crippen MR) is 109 cm³/mol. The normalized spacial score (nSPS) is 15.7. The Morgan fingerprint density at radius 2 is 2.15 bits per heavy atom. The summed E-state index contributed by atoms with van der Waals surface area (Å²) in [4.78, 5) is 29.8. The number of thiophene rings is 1. The van der Waals surface area contributed by atoms with Gasteiger partial charge in [0.15, 0.2) is 5.16 Å². The molecule has 0 aromatic carbocycles. The SMILES string of the molecule is CC(C)CCn1c(SCC(=O)NC2CCCCC2)nc2ccsc2c1=O. The molecule has 0 atom stereocenters. The summed E-state index contributed by atoms with van der Waals surface area (Å²) < 4.78 is 2.45. The zero-order chi connectivity index (χ0) is 18.5. The van der Waals surface area contributed by atoms with Crippen molar-refractivity contribution in [3.63, 3.8) is 0 Å². The van der Waals surface area contributed by atoms with Crippen LogP contribution in [0.3, 0.4) is 0 Å². The summed E-state index contributed by atoms with van der Waals surface area (Å²) in [7, 11) is 0. The van der Waals surface area contributed by atoms with Gasteiger partial charge in [-0.05, 0) is 36.6 Å². The molecular weight excluding hydrogens is 366 g/mol. The van der Waals surface area contributed by atoms with Crippen molar-refractivity contribution in [1.82, 2.24) is 14.9 Å². The van der Waals surface area contributed by atoms with Crippen molar-refractivity contribution in [3.8, 4) is 0 Å². The first-order chi connectivity index (χ1) is 12.5. The number of amides is 1. The lowest BCUT2D eigenvalue weighted by Crippen LogP contribution is -2.37. The van der Waals surface area contributed by atoms with Crippen LogP contribution in [0.2, 0.25) is 0 Å². The molecule has 2 aromatic heterocycles. The molecule has 3 rings (SSSR count). The summed E-state index contributed by atoms with van der Waals surface area (Å²) in [6.45, 7) is 4.93. The minimum absolute atomic E-state index is 0.0147. The van der Waals surface area contributed by atoms with E-state index in [1.54, 1.807) is 4.57 Å². The fourth-order valence-corrected chi connectivity index (χ4v) is 4.88. The molecule has 0 radical (unpaired) electrons. The lowest BCUT2D eigenvalue weighted by Gasteiger charge is -2.22. The summed E-state index contributed by atoms with van der Waals surface area (Å²) in [5, 5.41) is 5.68. The van der Waals surface area contributed by atoms with E-state index < -0.39 is 0 Å². The second-order valence-electron chi connectivity index (χ2n) is 7.36. The number of hydrogen-bond acceptors (Lipinski definition) is 5. The average Bonchev–Trinajstić information content (AvgIpc) is 3.09. The second-order valence-corrected chi connectivity index (χ2v) is 9.22. The molecule has 1 N–H and O–H groups in total. The molecule has 2 aromatic rings. The van der Waals surface area contributed by atoms with E-state index in [1.165, 1.54) is 42.4 Å². The maximum Gasteiger partial charge on any atom is 0.272 e. The maximum atomic E-state index is 12.8. The van der Waals surface area contributed by atoms with E-state index in [2.05, 4.69) is 24.1 Å². The van der Waals surface area contributed by atoms with Gasteiger partial charge in [0.2, 0.25) is 5.91 Å². The van der Waals surface area contributed by atoms with Gasteiger partial charge < -0.3 is 5.32 Å². The van der Waals surface area contributed by atoms with Crippen molar-refractivity contribution in [1.29, 1.82) is 0 Å². The first-order valence-corrected chi connectivity index (χ1v) is 11.3. The van der Waals surface area contributed by atoms with Crippen LogP contribution in [-0.4, -0.2) is 27.3 Å². The van der Waals surface area contributed by atoms with Gasteiger partial charge in [0, 0.05) is 12.6 Å². The second kappa shape index (κ2) is 9.04. The number of carbonyl (C=O) groups excluding carboxylic acids is 1. The number of nitrogens with zero attached hydrogens (tertiary/aromatic N) is 2. The lowest BCUT2D eigenvalue weighted by molar-refractivity contribution is -0.119. The summed E-state index contributed by atoms with van der Waals surface area (Å²) in [6, 6.07) is 2.19. The van der Waals surface area contributed by atoms with E-state index in [4.69, 9.17) is 0 Å². The van der Waals surface area contributed by atoms with Gasteiger partial charge in [-0.1, -0.05) is 44.9 Å². The number of nitrogens with one attached hydrogen (secondary N) is 1. The molecule has 0 spiro atoms. The van der Waals surface area contributed by atoms with Crippen LogP contribution in [-0.2, 0) is 11.3 Å². The molecule has 0 saturated heterocycles. The zero-order valence-electron chi connectivity index (χ0n) is 15.5. The fourth-order valence-electron chi connectivity index (χ4n) is 3.26. The summed E-state index contributed by atoms with van der Waals surface area (Å²) in [5.74, 6) is 0.852. The maximum absolute atomic E-state index is 12.8. The Bertz CT molecular complexity index is 807. The van der Waals surface area contributed by atoms with E-state index in [0.29, 0.717) is 34.1 Å². The van der Waals surface area contributed by atoms with E-state index in [-0.39, 0.29) is 11.5 Å². The van der Waals surface area contributed by atoms with Gasteiger partial charge in [0.05, 0.1) is 11.3 Å². The van der Waals surface area contributed by atoms with Gasteiger partial charge in [-0.2, -0.15) is 0 Å². The monoisotopic (exact) mass is 393 g/mol. The Hall–Kier alpha value is -1.34. The van der Waals surface area contributed by atoms with Gasteiger partial charge in [-0.3, -0.25) is 14.2 Å². The molecule has 142 valence electrons. The van der Waals surface area contributed by atoms with Gasteiger partial charge in [-0.25, -0.2) is 4.98 Å². The number of hydrogen-bond donors (Lipinski definition) is 1. The average molecular weight is 394 g/mol. The summed E-state index contributed by atoms with van der Waals surface area (Å²) >= 11 is 2.81. The minimum Gasteiger partial charge on any atom is -0.353 e. The number of carbonyl (C=O) groups is 1. The molecule has 0 aliphatic heterocycles. The highest BCUT2D eigenvalue weighted by molar-refractivity contribution is 7.99. The van der Waals surface area contributed by atoms with Gasteiger partial charge in [-0.15, -0.1) is 11.3 Å². The molecule has 0 unspecified atom stereocenters. The molecule has 1 amide bonds. The molecule has 1 saturated carbocycles. The van der Waals surface area contributed by atoms with Crippen LogP contribution in [0.25, 0.3) is 10.2 Å². The van der Waals surface area contributed by atoms with Crippen LogP contribution in [0.1, 0.15) is 52.4 Å². The van der Waals surface area contributed by atoms with E-state index in [0.717, 1.165) is 24.8 Å². The Kier molecular flexibility index (Phi) is 6.75. The highest BCUT2D eigenvalue weighted by atomic mass is 32.2. The predicted octanol–water partition coefficient (Wildman–Crippen LogP) is 4.05. The van der Waals surface area contributed by atoms with Crippen molar-refractivity contribution in [2.45, 2.75) is 70.1 Å². The van der Waals surface area contributed by atoms with Crippen LogP contribution < -0.4 is 10.9 Å². The van der Waals surface area contributed by atoms with Crippen LogP contribution in [0.15, 0.2) is 21.4 Å². The number of fused-ring (bicyclic) bond motifs is 1. The highest BCUT2D eigenvalue weighted by Gasteiger charge is 2.18. The van der Waals surface area contributed by atoms with Crippen molar-refractivity contribution in [3.05, 3.63) is 21.8 Å². The Morgan fingerprint density at radius 1 is 1.38 bits per heavy atom. The number of rotatable bonds is 7. The summed E-state index contributed by atoms with van der Waals surface area (Å²) in [6.07, 6.45) is 6.74.